The lowest BCUT2D eigenvalue weighted by molar-refractivity contribution is 0.579. The fourth-order valence-corrected chi connectivity index (χ4v) is 3.81. The molecule has 0 amide bonds. The Morgan fingerprint density at radius 1 is 1.25 bits per heavy atom. The molecule has 0 atom stereocenters. The van der Waals surface area contributed by atoms with Gasteiger partial charge in [-0.3, -0.25) is 0 Å². The summed E-state index contributed by atoms with van der Waals surface area (Å²) in [6.07, 6.45) is 3.71. The van der Waals surface area contributed by atoms with Crippen LogP contribution in [0.25, 0.3) is 0 Å². The molecule has 0 spiro atoms. The van der Waals surface area contributed by atoms with Crippen LogP contribution in [-0.4, -0.2) is 21.0 Å². The molecule has 0 bridgehead atoms. The molecular formula is C15H24N2O2S. The highest BCUT2D eigenvalue weighted by Crippen LogP contribution is 2.24. The molecule has 1 saturated carbocycles. The molecule has 0 saturated heterocycles. The van der Waals surface area contributed by atoms with Gasteiger partial charge in [0, 0.05) is 12.6 Å². The van der Waals surface area contributed by atoms with E-state index >= 15 is 0 Å². The molecule has 0 radical (unpaired) electrons. The third-order valence-electron chi connectivity index (χ3n) is 3.46. The highest BCUT2D eigenvalue weighted by atomic mass is 32.2. The van der Waals surface area contributed by atoms with Crippen LogP contribution in [0.1, 0.15) is 44.2 Å². The summed E-state index contributed by atoms with van der Waals surface area (Å²) in [7, 11) is -3.37. The number of rotatable bonds is 8. The SMILES string of the molecule is CCCNCc1ccc(CC)c(S(=O)(=O)NC2CC2)c1. The minimum atomic E-state index is -3.37. The number of hydrogen-bond acceptors (Lipinski definition) is 3. The first-order chi connectivity index (χ1) is 9.56. The van der Waals surface area contributed by atoms with Gasteiger partial charge in [0.1, 0.15) is 0 Å². The van der Waals surface area contributed by atoms with Crippen molar-refractivity contribution in [1.29, 1.82) is 0 Å². The van der Waals surface area contributed by atoms with E-state index in [9.17, 15) is 8.42 Å². The van der Waals surface area contributed by atoms with Crippen LogP contribution in [0.5, 0.6) is 0 Å². The van der Waals surface area contributed by atoms with Crippen LogP contribution < -0.4 is 10.0 Å². The van der Waals surface area contributed by atoms with Crippen LogP contribution >= 0.6 is 0 Å². The second kappa shape index (κ2) is 6.70. The third-order valence-corrected chi connectivity index (χ3v) is 5.06. The molecule has 4 nitrogen and oxygen atoms in total. The molecule has 0 heterocycles. The maximum Gasteiger partial charge on any atom is 0.241 e. The van der Waals surface area contributed by atoms with Gasteiger partial charge in [-0.25, -0.2) is 13.1 Å². The van der Waals surface area contributed by atoms with E-state index in [1.165, 1.54) is 0 Å². The Bertz CT molecular complexity index is 551. The number of hydrogen-bond donors (Lipinski definition) is 2. The average Bonchev–Trinajstić information content (AvgIpc) is 3.22. The Morgan fingerprint density at radius 3 is 2.60 bits per heavy atom. The van der Waals surface area contributed by atoms with Crippen LogP contribution in [0.15, 0.2) is 23.1 Å². The predicted molar refractivity (Wildman–Crippen MR) is 81.2 cm³/mol. The second-order valence-corrected chi connectivity index (χ2v) is 7.05. The van der Waals surface area contributed by atoms with Gasteiger partial charge in [0.2, 0.25) is 10.0 Å². The smallest absolute Gasteiger partial charge is 0.241 e. The van der Waals surface area contributed by atoms with Crippen LogP contribution in [0.4, 0.5) is 0 Å². The van der Waals surface area contributed by atoms with Crippen molar-refractivity contribution in [2.24, 2.45) is 0 Å². The fraction of sp³-hybridized carbons (Fsp3) is 0.600. The topological polar surface area (TPSA) is 58.2 Å². The van der Waals surface area contributed by atoms with Gasteiger partial charge in [0.25, 0.3) is 0 Å². The van der Waals surface area contributed by atoms with Crippen molar-refractivity contribution in [2.45, 2.75) is 57.0 Å². The largest absolute Gasteiger partial charge is 0.313 e. The van der Waals surface area contributed by atoms with Crippen molar-refractivity contribution in [3.8, 4) is 0 Å². The monoisotopic (exact) mass is 296 g/mol. The van der Waals surface area contributed by atoms with Gasteiger partial charge in [0.05, 0.1) is 4.90 Å². The predicted octanol–water partition coefficient (Wildman–Crippen LogP) is 2.19. The Hall–Kier alpha value is -0.910. The van der Waals surface area contributed by atoms with E-state index in [1.807, 2.05) is 25.1 Å². The van der Waals surface area contributed by atoms with Crippen LogP contribution in [0.3, 0.4) is 0 Å². The van der Waals surface area contributed by atoms with Gasteiger partial charge < -0.3 is 5.32 Å². The number of sulfonamides is 1. The quantitative estimate of drug-likeness (QED) is 0.723. The number of benzene rings is 1. The van der Waals surface area contributed by atoms with E-state index in [-0.39, 0.29) is 6.04 Å². The van der Waals surface area contributed by atoms with E-state index in [1.54, 1.807) is 0 Å². The molecule has 1 aliphatic carbocycles. The summed E-state index contributed by atoms with van der Waals surface area (Å²) in [6, 6.07) is 5.90. The summed E-state index contributed by atoms with van der Waals surface area (Å²) in [4.78, 5) is 0.447. The van der Waals surface area contributed by atoms with E-state index in [0.717, 1.165) is 43.4 Å². The van der Waals surface area contributed by atoms with E-state index < -0.39 is 10.0 Å². The molecule has 1 aromatic rings. The van der Waals surface area contributed by atoms with Crippen molar-refractivity contribution >= 4 is 10.0 Å². The lowest BCUT2D eigenvalue weighted by Crippen LogP contribution is -2.27. The Morgan fingerprint density at radius 2 is 2.00 bits per heavy atom. The molecule has 5 heteroatoms. The number of aryl methyl sites for hydroxylation is 1. The average molecular weight is 296 g/mol. The number of nitrogens with one attached hydrogen (secondary N) is 2. The lowest BCUT2D eigenvalue weighted by atomic mass is 10.1. The molecule has 112 valence electrons. The summed E-state index contributed by atoms with van der Waals surface area (Å²) in [5.74, 6) is 0. The normalized spacial score (nSPS) is 15.5. The minimum Gasteiger partial charge on any atom is -0.313 e. The van der Waals surface area contributed by atoms with Gasteiger partial charge in [-0.15, -0.1) is 0 Å². The molecule has 1 aromatic carbocycles. The first-order valence-corrected chi connectivity index (χ1v) is 8.90. The summed E-state index contributed by atoms with van der Waals surface area (Å²) in [5.41, 5.74) is 1.91. The van der Waals surface area contributed by atoms with E-state index in [2.05, 4.69) is 17.0 Å². The van der Waals surface area contributed by atoms with Crippen LogP contribution in [-0.2, 0) is 23.0 Å². The maximum absolute atomic E-state index is 12.4. The zero-order valence-electron chi connectivity index (χ0n) is 12.3. The van der Waals surface area contributed by atoms with Gasteiger partial charge in [-0.1, -0.05) is 26.0 Å². The highest BCUT2D eigenvalue weighted by Gasteiger charge is 2.29. The molecular weight excluding hydrogens is 272 g/mol. The maximum atomic E-state index is 12.4. The van der Waals surface area contributed by atoms with Crippen molar-refractivity contribution in [2.75, 3.05) is 6.54 Å². The first kappa shape index (κ1) is 15.5. The van der Waals surface area contributed by atoms with E-state index in [0.29, 0.717) is 11.4 Å². The molecule has 1 aliphatic rings. The van der Waals surface area contributed by atoms with Crippen molar-refractivity contribution in [1.82, 2.24) is 10.0 Å². The Labute approximate surface area is 122 Å². The molecule has 0 unspecified atom stereocenters. The van der Waals surface area contributed by atoms with Gasteiger partial charge in [-0.05, 0) is 49.4 Å². The standard InChI is InChI=1S/C15H24N2O2S/c1-3-9-16-11-12-5-6-13(4-2)15(10-12)20(18,19)17-14-7-8-14/h5-6,10,14,16-17H,3-4,7-9,11H2,1-2H3. The molecule has 0 aliphatic heterocycles. The minimum absolute atomic E-state index is 0.145. The molecule has 20 heavy (non-hydrogen) atoms. The molecule has 0 aromatic heterocycles. The summed E-state index contributed by atoms with van der Waals surface area (Å²) in [6.45, 7) is 5.75. The second-order valence-electron chi connectivity index (χ2n) is 5.37. The Balaban J connectivity index is 2.21. The zero-order valence-corrected chi connectivity index (χ0v) is 13.1. The van der Waals surface area contributed by atoms with Crippen LogP contribution in [0, 0.1) is 0 Å². The van der Waals surface area contributed by atoms with Gasteiger partial charge in [0.15, 0.2) is 0 Å². The van der Waals surface area contributed by atoms with Crippen molar-refractivity contribution in [3.63, 3.8) is 0 Å². The molecule has 1 fully saturated rings. The summed E-state index contributed by atoms with van der Waals surface area (Å²) < 4.78 is 27.6. The van der Waals surface area contributed by atoms with Crippen molar-refractivity contribution in [3.05, 3.63) is 29.3 Å². The molecule has 2 rings (SSSR count). The van der Waals surface area contributed by atoms with Crippen molar-refractivity contribution < 1.29 is 8.42 Å². The van der Waals surface area contributed by atoms with E-state index in [4.69, 9.17) is 0 Å². The van der Waals surface area contributed by atoms with Crippen LogP contribution in [0.2, 0.25) is 0 Å². The third kappa shape index (κ3) is 4.04. The zero-order chi connectivity index (χ0) is 14.6. The Kier molecular flexibility index (Phi) is 5.18. The highest BCUT2D eigenvalue weighted by molar-refractivity contribution is 7.89. The summed E-state index contributed by atoms with van der Waals surface area (Å²) in [5, 5.41) is 3.31. The molecule has 2 N–H and O–H groups in total. The van der Waals surface area contributed by atoms with Gasteiger partial charge >= 0.3 is 0 Å². The summed E-state index contributed by atoms with van der Waals surface area (Å²) >= 11 is 0. The van der Waals surface area contributed by atoms with Gasteiger partial charge in [-0.2, -0.15) is 0 Å². The first-order valence-electron chi connectivity index (χ1n) is 7.41. The lowest BCUT2D eigenvalue weighted by Gasteiger charge is -2.12. The fourth-order valence-electron chi connectivity index (χ4n) is 2.14.